The van der Waals surface area contributed by atoms with Crippen LogP contribution in [0.2, 0.25) is 0 Å². The monoisotopic (exact) mass is 275 g/mol. The minimum absolute atomic E-state index is 0.139. The zero-order chi connectivity index (χ0) is 14.7. The Morgan fingerprint density at radius 2 is 2.25 bits per heavy atom. The highest BCUT2D eigenvalue weighted by molar-refractivity contribution is 5.96. The Morgan fingerprint density at radius 3 is 2.90 bits per heavy atom. The quantitative estimate of drug-likeness (QED) is 0.779. The molecule has 0 radical (unpaired) electrons. The Morgan fingerprint density at radius 1 is 1.50 bits per heavy atom. The molecule has 20 heavy (non-hydrogen) atoms. The SMILES string of the molecule is C=CCN(CC(=O)O)C(=O)c1cnc2ncnn2c1C. The van der Waals surface area contributed by atoms with Crippen molar-refractivity contribution in [1.82, 2.24) is 24.5 Å². The van der Waals surface area contributed by atoms with Crippen LogP contribution in [0.4, 0.5) is 0 Å². The van der Waals surface area contributed by atoms with E-state index in [4.69, 9.17) is 5.11 Å². The average molecular weight is 275 g/mol. The number of fused-ring (bicyclic) bond motifs is 1. The Kier molecular flexibility index (Phi) is 3.74. The lowest BCUT2D eigenvalue weighted by molar-refractivity contribution is -0.137. The number of hydrogen-bond acceptors (Lipinski definition) is 5. The number of aryl methyl sites for hydroxylation is 1. The Labute approximate surface area is 114 Å². The number of carboxylic acids is 1. The van der Waals surface area contributed by atoms with Crippen LogP contribution in [0.1, 0.15) is 16.1 Å². The molecule has 2 aromatic heterocycles. The molecular weight excluding hydrogens is 262 g/mol. The molecule has 0 saturated carbocycles. The molecule has 8 heteroatoms. The maximum atomic E-state index is 12.4. The highest BCUT2D eigenvalue weighted by atomic mass is 16.4. The van der Waals surface area contributed by atoms with Crippen molar-refractivity contribution in [3.8, 4) is 0 Å². The van der Waals surface area contributed by atoms with Gasteiger partial charge in [0.1, 0.15) is 12.9 Å². The smallest absolute Gasteiger partial charge is 0.323 e. The molecule has 2 heterocycles. The van der Waals surface area contributed by atoms with E-state index in [1.807, 2.05) is 0 Å². The summed E-state index contributed by atoms with van der Waals surface area (Å²) in [6.07, 6.45) is 4.18. The van der Waals surface area contributed by atoms with E-state index in [0.717, 1.165) is 0 Å². The molecule has 0 spiro atoms. The second-order valence-corrected chi connectivity index (χ2v) is 4.10. The van der Waals surface area contributed by atoms with Gasteiger partial charge in [0.25, 0.3) is 11.7 Å². The number of carbonyl (C=O) groups excluding carboxylic acids is 1. The van der Waals surface area contributed by atoms with Gasteiger partial charge in [0.2, 0.25) is 0 Å². The first-order chi connectivity index (χ1) is 9.54. The molecule has 0 bridgehead atoms. The summed E-state index contributed by atoms with van der Waals surface area (Å²) in [6.45, 7) is 4.95. The van der Waals surface area contributed by atoms with Gasteiger partial charge in [-0.25, -0.2) is 9.50 Å². The molecule has 0 aliphatic rings. The van der Waals surface area contributed by atoms with Crippen molar-refractivity contribution < 1.29 is 14.7 Å². The summed E-state index contributed by atoms with van der Waals surface area (Å²) in [5.41, 5.74) is 0.836. The first-order valence-electron chi connectivity index (χ1n) is 5.82. The number of carbonyl (C=O) groups is 2. The third-order valence-electron chi connectivity index (χ3n) is 2.74. The number of aromatic nitrogens is 4. The fraction of sp³-hybridized carbons (Fsp3) is 0.250. The summed E-state index contributed by atoms with van der Waals surface area (Å²) in [7, 11) is 0. The van der Waals surface area contributed by atoms with E-state index in [-0.39, 0.29) is 12.1 Å². The number of rotatable bonds is 5. The predicted molar refractivity (Wildman–Crippen MR) is 69.3 cm³/mol. The Hall–Kier alpha value is -2.77. The lowest BCUT2D eigenvalue weighted by Crippen LogP contribution is -2.36. The molecule has 0 unspecified atom stereocenters. The molecule has 0 saturated heterocycles. The topological polar surface area (TPSA) is 101 Å². The van der Waals surface area contributed by atoms with Crippen molar-refractivity contribution in [2.24, 2.45) is 0 Å². The lowest BCUT2D eigenvalue weighted by atomic mass is 10.2. The molecule has 0 atom stereocenters. The summed E-state index contributed by atoms with van der Waals surface area (Å²) < 4.78 is 1.43. The standard InChI is InChI=1S/C12H13N5O3/c1-3-4-16(6-10(18)19)11(20)9-5-13-12-14-7-15-17(12)8(9)2/h3,5,7H,1,4,6H2,2H3,(H,18,19). The fourth-order valence-electron chi connectivity index (χ4n) is 1.81. The zero-order valence-corrected chi connectivity index (χ0v) is 10.9. The summed E-state index contributed by atoms with van der Waals surface area (Å²) in [6, 6.07) is 0. The van der Waals surface area contributed by atoms with E-state index < -0.39 is 18.4 Å². The van der Waals surface area contributed by atoms with Crippen molar-refractivity contribution in [1.29, 1.82) is 0 Å². The summed E-state index contributed by atoms with van der Waals surface area (Å²) >= 11 is 0. The lowest BCUT2D eigenvalue weighted by Gasteiger charge is -2.19. The molecule has 0 fully saturated rings. The maximum absolute atomic E-state index is 12.4. The van der Waals surface area contributed by atoms with Gasteiger partial charge in [-0.15, -0.1) is 6.58 Å². The van der Waals surface area contributed by atoms with Crippen LogP contribution in [-0.4, -0.2) is 54.6 Å². The second-order valence-electron chi connectivity index (χ2n) is 4.10. The number of hydrogen-bond donors (Lipinski definition) is 1. The number of aliphatic carboxylic acids is 1. The van der Waals surface area contributed by atoms with E-state index in [1.165, 1.54) is 28.0 Å². The van der Waals surface area contributed by atoms with Gasteiger partial charge in [0, 0.05) is 12.7 Å². The molecule has 0 aliphatic carbocycles. The highest BCUT2D eigenvalue weighted by Gasteiger charge is 2.21. The predicted octanol–water partition coefficient (Wildman–Crippen LogP) is 0.146. The van der Waals surface area contributed by atoms with Crippen LogP contribution in [0, 0.1) is 6.92 Å². The zero-order valence-electron chi connectivity index (χ0n) is 10.9. The van der Waals surface area contributed by atoms with Gasteiger partial charge < -0.3 is 10.0 Å². The number of amides is 1. The molecule has 8 nitrogen and oxygen atoms in total. The highest BCUT2D eigenvalue weighted by Crippen LogP contribution is 2.10. The van der Waals surface area contributed by atoms with Crippen molar-refractivity contribution in [2.75, 3.05) is 13.1 Å². The first kappa shape index (κ1) is 13.7. The van der Waals surface area contributed by atoms with Crippen LogP contribution in [0.15, 0.2) is 25.2 Å². The Balaban J connectivity index is 2.39. The first-order valence-corrected chi connectivity index (χ1v) is 5.82. The number of nitrogens with zero attached hydrogens (tertiary/aromatic N) is 5. The summed E-state index contributed by atoms with van der Waals surface area (Å²) in [4.78, 5) is 32.3. The Bertz CT molecular complexity index is 679. The van der Waals surface area contributed by atoms with Crippen LogP contribution in [-0.2, 0) is 4.79 Å². The second kappa shape index (κ2) is 5.47. The average Bonchev–Trinajstić information content (AvgIpc) is 2.87. The normalized spacial score (nSPS) is 10.4. The van der Waals surface area contributed by atoms with Crippen molar-refractivity contribution in [3.63, 3.8) is 0 Å². The van der Waals surface area contributed by atoms with Crippen LogP contribution < -0.4 is 0 Å². The minimum Gasteiger partial charge on any atom is -0.480 e. The van der Waals surface area contributed by atoms with Crippen molar-refractivity contribution in [2.45, 2.75) is 6.92 Å². The van der Waals surface area contributed by atoms with E-state index in [0.29, 0.717) is 11.5 Å². The van der Waals surface area contributed by atoms with Crippen LogP contribution in [0.5, 0.6) is 0 Å². The largest absolute Gasteiger partial charge is 0.480 e. The van der Waals surface area contributed by atoms with Crippen molar-refractivity contribution in [3.05, 3.63) is 36.4 Å². The van der Waals surface area contributed by atoms with E-state index >= 15 is 0 Å². The molecule has 2 rings (SSSR count). The van der Waals surface area contributed by atoms with Gasteiger partial charge in [-0.3, -0.25) is 9.59 Å². The van der Waals surface area contributed by atoms with Gasteiger partial charge in [-0.1, -0.05) is 6.08 Å². The minimum atomic E-state index is -1.09. The molecular formula is C12H13N5O3. The third-order valence-corrected chi connectivity index (χ3v) is 2.74. The van der Waals surface area contributed by atoms with Gasteiger partial charge in [0.15, 0.2) is 0 Å². The van der Waals surface area contributed by atoms with Crippen LogP contribution in [0.25, 0.3) is 5.78 Å². The van der Waals surface area contributed by atoms with Gasteiger partial charge in [-0.2, -0.15) is 10.1 Å². The molecule has 104 valence electrons. The van der Waals surface area contributed by atoms with E-state index in [9.17, 15) is 9.59 Å². The maximum Gasteiger partial charge on any atom is 0.323 e. The van der Waals surface area contributed by atoms with Gasteiger partial charge in [0.05, 0.1) is 11.3 Å². The van der Waals surface area contributed by atoms with Gasteiger partial charge >= 0.3 is 5.97 Å². The van der Waals surface area contributed by atoms with Crippen molar-refractivity contribution >= 4 is 17.7 Å². The molecule has 0 aliphatic heterocycles. The van der Waals surface area contributed by atoms with Crippen LogP contribution in [0.3, 0.4) is 0 Å². The third kappa shape index (κ3) is 2.48. The van der Waals surface area contributed by atoms with E-state index in [2.05, 4.69) is 21.6 Å². The molecule has 1 N–H and O–H groups in total. The van der Waals surface area contributed by atoms with Crippen LogP contribution >= 0.6 is 0 Å². The van der Waals surface area contributed by atoms with Gasteiger partial charge in [-0.05, 0) is 6.92 Å². The molecule has 1 amide bonds. The molecule has 2 aromatic rings. The van der Waals surface area contributed by atoms with E-state index in [1.54, 1.807) is 6.92 Å². The fourth-order valence-corrected chi connectivity index (χ4v) is 1.81. The summed E-state index contributed by atoms with van der Waals surface area (Å²) in [5.74, 6) is -1.14. The molecule has 0 aromatic carbocycles. The summed E-state index contributed by atoms with van der Waals surface area (Å²) in [5, 5.41) is 12.8. The number of carboxylic acid groups (broad SMARTS) is 1.